The highest BCUT2D eigenvalue weighted by molar-refractivity contribution is 5.58. The second kappa shape index (κ2) is 5.79. The topological polar surface area (TPSA) is 47.5 Å². The summed E-state index contributed by atoms with van der Waals surface area (Å²) < 4.78 is 11.9. The lowest BCUT2D eigenvalue weighted by Gasteiger charge is -2.43. The predicted octanol–water partition coefficient (Wildman–Crippen LogP) is 2.36. The van der Waals surface area contributed by atoms with Crippen molar-refractivity contribution >= 4 is 5.82 Å². The smallest absolute Gasteiger partial charge is 0.183 e. The molecule has 2 saturated heterocycles. The number of hydrogen-bond acceptors (Lipinski definition) is 5. The Morgan fingerprint density at radius 1 is 1.24 bits per heavy atom. The third-order valence-corrected chi connectivity index (χ3v) is 4.43. The van der Waals surface area contributed by atoms with Crippen LogP contribution in [0.3, 0.4) is 0 Å². The van der Waals surface area contributed by atoms with E-state index in [2.05, 4.69) is 21.8 Å². The number of piperidine rings is 1. The Balaban J connectivity index is 0.000000636. The van der Waals surface area contributed by atoms with Crippen molar-refractivity contribution in [3.63, 3.8) is 0 Å². The van der Waals surface area contributed by atoms with E-state index in [1.165, 1.54) is 6.42 Å². The molecule has 3 unspecified atom stereocenters. The Hall–Kier alpha value is -1.36. The quantitative estimate of drug-likeness (QED) is 0.795. The molecule has 5 heteroatoms. The van der Waals surface area contributed by atoms with E-state index in [0.29, 0.717) is 24.7 Å². The van der Waals surface area contributed by atoms with Gasteiger partial charge in [0.2, 0.25) is 0 Å². The predicted molar refractivity (Wildman–Crippen MR) is 82.0 cm³/mol. The van der Waals surface area contributed by atoms with Crippen LogP contribution in [0.4, 0.5) is 5.82 Å². The first kappa shape index (κ1) is 14.6. The molecule has 1 aromatic rings. The first-order valence-corrected chi connectivity index (χ1v) is 8.14. The molecule has 2 fully saturated rings. The zero-order chi connectivity index (χ0) is 15.0. The van der Waals surface area contributed by atoms with E-state index in [1.54, 1.807) is 0 Å². The molecule has 3 aliphatic rings. The molecule has 5 nitrogen and oxygen atoms in total. The summed E-state index contributed by atoms with van der Waals surface area (Å²) in [6, 6.07) is 0.324. The van der Waals surface area contributed by atoms with E-state index in [9.17, 15) is 0 Å². The summed E-state index contributed by atoms with van der Waals surface area (Å²) in [5.74, 6) is 3.36. The molecule has 0 spiro atoms. The summed E-state index contributed by atoms with van der Waals surface area (Å²) in [4.78, 5) is 11.5. The number of fused-ring (bicyclic) bond motifs is 6. The fraction of sp³-hybridized carbons (Fsp3) is 0.750. The van der Waals surface area contributed by atoms with E-state index in [1.807, 2.05) is 20.8 Å². The Morgan fingerprint density at radius 2 is 2.05 bits per heavy atom. The van der Waals surface area contributed by atoms with Crippen molar-refractivity contribution in [1.29, 1.82) is 0 Å². The fourth-order valence-corrected chi connectivity index (χ4v) is 3.53. The van der Waals surface area contributed by atoms with Crippen LogP contribution in [0.5, 0.6) is 5.75 Å². The molecular weight excluding hydrogens is 266 g/mol. The molecule has 0 radical (unpaired) electrons. The van der Waals surface area contributed by atoms with Crippen LogP contribution >= 0.6 is 0 Å². The first-order chi connectivity index (χ1) is 10.3. The van der Waals surface area contributed by atoms with Gasteiger partial charge in [0.25, 0.3) is 0 Å². The maximum atomic E-state index is 5.97. The minimum absolute atomic E-state index is 0.312. The van der Waals surface area contributed by atoms with Gasteiger partial charge in [-0.15, -0.1) is 0 Å². The molecular formula is C16H25N3O2. The molecule has 0 aromatic carbocycles. The summed E-state index contributed by atoms with van der Waals surface area (Å²) >= 11 is 0. The maximum Gasteiger partial charge on any atom is 0.183 e. The summed E-state index contributed by atoms with van der Waals surface area (Å²) in [5, 5.41) is 0. The Kier molecular flexibility index (Phi) is 4.02. The third-order valence-electron chi connectivity index (χ3n) is 4.43. The summed E-state index contributed by atoms with van der Waals surface area (Å²) in [6.07, 6.45) is 2.37. The maximum absolute atomic E-state index is 5.97. The van der Waals surface area contributed by atoms with Crippen LogP contribution in [0.2, 0.25) is 0 Å². The highest BCUT2D eigenvalue weighted by Gasteiger charge is 2.45. The van der Waals surface area contributed by atoms with Crippen molar-refractivity contribution < 1.29 is 9.47 Å². The van der Waals surface area contributed by atoms with Gasteiger partial charge in [-0.2, -0.15) is 0 Å². The number of nitrogens with zero attached hydrogens (tertiary/aromatic N) is 3. The summed E-state index contributed by atoms with van der Waals surface area (Å²) in [5.41, 5.74) is 1.03. The largest absolute Gasteiger partial charge is 0.486 e. The molecule has 116 valence electrons. The SMILES string of the molecule is CC.CCc1nc(C)nc2c1OCC1C3CC(CO3)CN21. The van der Waals surface area contributed by atoms with Crippen LogP contribution in [0.1, 0.15) is 38.7 Å². The van der Waals surface area contributed by atoms with Gasteiger partial charge in [-0.05, 0) is 19.8 Å². The third kappa shape index (κ3) is 2.37. The zero-order valence-electron chi connectivity index (χ0n) is 13.4. The summed E-state index contributed by atoms with van der Waals surface area (Å²) in [7, 11) is 0. The standard InChI is InChI=1S/C14H19N3O2.C2H6/c1-3-10-13-14(16-8(2)15-10)17-5-9-4-12(18-6-9)11(17)7-19-13;1-2/h9,11-12H,3-7H2,1-2H3;1-2H3. The van der Waals surface area contributed by atoms with Crippen LogP contribution in [0.25, 0.3) is 0 Å². The van der Waals surface area contributed by atoms with Gasteiger partial charge in [-0.3, -0.25) is 0 Å². The van der Waals surface area contributed by atoms with Gasteiger partial charge in [0.1, 0.15) is 12.4 Å². The minimum Gasteiger partial charge on any atom is -0.486 e. The second-order valence-corrected chi connectivity index (χ2v) is 5.73. The molecule has 2 bridgehead atoms. The van der Waals surface area contributed by atoms with E-state index < -0.39 is 0 Å². The molecule has 0 saturated carbocycles. The summed E-state index contributed by atoms with van der Waals surface area (Å²) in [6.45, 7) is 10.7. The van der Waals surface area contributed by atoms with Crippen LogP contribution < -0.4 is 9.64 Å². The van der Waals surface area contributed by atoms with Gasteiger partial charge in [-0.25, -0.2) is 9.97 Å². The van der Waals surface area contributed by atoms with E-state index in [4.69, 9.17) is 9.47 Å². The minimum atomic E-state index is 0.312. The fourth-order valence-electron chi connectivity index (χ4n) is 3.53. The van der Waals surface area contributed by atoms with Crippen LogP contribution in [0.15, 0.2) is 0 Å². The highest BCUT2D eigenvalue weighted by atomic mass is 16.5. The number of aryl methyl sites for hydroxylation is 2. The van der Waals surface area contributed by atoms with E-state index >= 15 is 0 Å². The number of hydrogen-bond donors (Lipinski definition) is 0. The number of aromatic nitrogens is 2. The molecule has 4 rings (SSSR count). The van der Waals surface area contributed by atoms with Crippen LogP contribution in [0, 0.1) is 12.8 Å². The van der Waals surface area contributed by atoms with E-state index in [-0.39, 0.29) is 0 Å². The molecule has 0 aliphatic carbocycles. The first-order valence-electron chi connectivity index (χ1n) is 8.14. The average Bonchev–Trinajstić information content (AvgIpc) is 2.91. The molecule has 3 atom stereocenters. The average molecular weight is 291 g/mol. The van der Waals surface area contributed by atoms with E-state index in [0.717, 1.165) is 42.7 Å². The number of anilines is 1. The zero-order valence-corrected chi connectivity index (χ0v) is 13.4. The molecule has 1 aromatic heterocycles. The van der Waals surface area contributed by atoms with Crippen molar-refractivity contribution in [2.24, 2.45) is 5.92 Å². The van der Waals surface area contributed by atoms with Crippen molar-refractivity contribution in [3.05, 3.63) is 11.5 Å². The van der Waals surface area contributed by atoms with Crippen molar-refractivity contribution in [3.8, 4) is 5.75 Å². The molecule has 0 amide bonds. The van der Waals surface area contributed by atoms with Crippen molar-refractivity contribution in [2.45, 2.75) is 52.7 Å². The monoisotopic (exact) mass is 291 g/mol. The van der Waals surface area contributed by atoms with Gasteiger partial charge < -0.3 is 14.4 Å². The number of rotatable bonds is 1. The normalized spacial score (nSPS) is 29.0. The van der Waals surface area contributed by atoms with Gasteiger partial charge in [0.15, 0.2) is 11.6 Å². The van der Waals surface area contributed by atoms with Gasteiger partial charge in [0, 0.05) is 12.5 Å². The molecule has 21 heavy (non-hydrogen) atoms. The second-order valence-electron chi connectivity index (χ2n) is 5.73. The number of ether oxygens (including phenoxy) is 2. The van der Waals surface area contributed by atoms with Gasteiger partial charge >= 0.3 is 0 Å². The lowest BCUT2D eigenvalue weighted by Crippen LogP contribution is -2.54. The lowest BCUT2D eigenvalue weighted by atomic mass is 9.93. The van der Waals surface area contributed by atoms with Crippen molar-refractivity contribution in [1.82, 2.24) is 9.97 Å². The molecule has 4 heterocycles. The Labute approximate surface area is 126 Å². The molecule has 3 aliphatic heterocycles. The Morgan fingerprint density at radius 3 is 2.81 bits per heavy atom. The highest BCUT2D eigenvalue weighted by Crippen LogP contribution is 2.41. The Bertz CT molecular complexity index is 520. The van der Waals surface area contributed by atoms with Crippen LogP contribution in [-0.2, 0) is 11.2 Å². The van der Waals surface area contributed by atoms with Crippen molar-refractivity contribution in [2.75, 3.05) is 24.7 Å². The molecule has 0 N–H and O–H groups in total. The van der Waals surface area contributed by atoms with Gasteiger partial charge in [-0.1, -0.05) is 20.8 Å². The van der Waals surface area contributed by atoms with Gasteiger partial charge in [0.05, 0.1) is 24.4 Å². The van der Waals surface area contributed by atoms with Crippen LogP contribution in [-0.4, -0.2) is 41.9 Å². The lowest BCUT2D eigenvalue weighted by molar-refractivity contribution is 0.0698.